The molecular weight excluding hydrogens is 474 g/mol. The third-order valence-corrected chi connectivity index (χ3v) is 8.67. The minimum absolute atomic E-state index is 0.0170. The second-order valence-electron chi connectivity index (χ2n) is 8.02. The van der Waals surface area contributed by atoms with Crippen molar-refractivity contribution in [2.75, 3.05) is 57.2 Å². The lowest BCUT2D eigenvalue weighted by Crippen LogP contribution is -2.39. The molecule has 1 amide bonds. The molecular formula is C24H29N3O5S2. The first-order valence-electron chi connectivity index (χ1n) is 11.3. The molecule has 182 valence electrons. The van der Waals surface area contributed by atoms with Gasteiger partial charge in [-0.2, -0.15) is 0 Å². The Kier molecular flexibility index (Phi) is 7.82. The Balaban J connectivity index is 1.59. The van der Waals surface area contributed by atoms with Crippen molar-refractivity contribution < 1.29 is 22.7 Å². The Bertz CT molecular complexity index is 1240. The zero-order valence-corrected chi connectivity index (χ0v) is 21.0. The van der Waals surface area contributed by atoms with Crippen molar-refractivity contribution in [2.45, 2.75) is 18.2 Å². The van der Waals surface area contributed by atoms with Gasteiger partial charge in [0.15, 0.2) is 15.0 Å². The summed E-state index contributed by atoms with van der Waals surface area (Å²) in [5.74, 6) is 0.527. The third-order valence-electron chi connectivity index (χ3n) is 5.86. The fourth-order valence-corrected chi connectivity index (χ4v) is 5.68. The highest BCUT2D eigenvalue weighted by Gasteiger charge is 2.23. The van der Waals surface area contributed by atoms with E-state index in [1.165, 1.54) is 23.5 Å². The summed E-state index contributed by atoms with van der Waals surface area (Å²) >= 11 is 1.45. The van der Waals surface area contributed by atoms with E-state index >= 15 is 0 Å². The van der Waals surface area contributed by atoms with Gasteiger partial charge >= 0.3 is 0 Å². The summed E-state index contributed by atoms with van der Waals surface area (Å²) in [7, 11) is -1.72. The van der Waals surface area contributed by atoms with Crippen molar-refractivity contribution in [3.8, 4) is 5.75 Å². The number of hydrogen-bond donors (Lipinski definition) is 0. The van der Waals surface area contributed by atoms with Gasteiger partial charge in [-0.25, -0.2) is 13.4 Å². The Labute approximate surface area is 204 Å². The number of carbonyl (C=O) groups is 1. The van der Waals surface area contributed by atoms with E-state index in [0.29, 0.717) is 23.0 Å². The number of methoxy groups -OCH3 is 1. The lowest BCUT2D eigenvalue weighted by Gasteiger charge is -2.27. The van der Waals surface area contributed by atoms with Crippen LogP contribution in [0, 0.1) is 0 Å². The van der Waals surface area contributed by atoms with E-state index in [1.807, 2.05) is 18.2 Å². The van der Waals surface area contributed by atoms with E-state index in [9.17, 15) is 13.2 Å². The molecule has 1 aliphatic rings. The first kappa shape index (κ1) is 24.6. The fourth-order valence-electron chi connectivity index (χ4n) is 3.83. The normalized spacial score (nSPS) is 14.9. The molecule has 2 heterocycles. The molecule has 0 N–H and O–H groups in total. The van der Waals surface area contributed by atoms with E-state index < -0.39 is 9.84 Å². The van der Waals surface area contributed by atoms with Crippen molar-refractivity contribution >= 4 is 42.4 Å². The van der Waals surface area contributed by atoms with Gasteiger partial charge in [-0.1, -0.05) is 18.3 Å². The van der Waals surface area contributed by atoms with Crippen LogP contribution in [0.25, 0.3) is 10.2 Å². The molecule has 0 saturated carbocycles. The number of fused-ring (bicyclic) bond motifs is 1. The second kappa shape index (κ2) is 10.8. The van der Waals surface area contributed by atoms with Crippen LogP contribution in [-0.4, -0.2) is 76.5 Å². The quantitative estimate of drug-likeness (QED) is 0.442. The van der Waals surface area contributed by atoms with Crippen LogP contribution in [0.5, 0.6) is 5.75 Å². The molecule has 1 saturated heterocycles. The van der Waals surface area contributed by atoms with Crippen LogP contribution in [-0.2, 0) is 14.6 Å². The monoisotopic (exact) mass is 503 g/mol. The maximum atomic E-state index is 13.5. The van der Waals surface area contributed by atoms with Crippen LogP contribution in [0.4, 0.5) is 5.13 Å². The summed E-state index contributed by atoms with van der Waals surface area (Å²) in [6, 6.07) is 11.8. The molecule has 34 heavy (non-hydrogen) atoms. The number of anilines is 1. The number of ether oxygens (including phenoxy) is 2. The average molecular weight is 504 g/mol. The van der Waals surface area contributed by atoms with Crippen LogP contribution in [0.15, 0.2) is 47.4 Å². The Hall–Kier alpha value is -2.53. The number of rotatable bonds is 9. The number of sulfone groups is 1. The zero-order valence-electron chi connectivity index (χ0n) is 19.4. The van der Waals surface area contributed by atoms with Crippen LogP contribution >= 0.6 is 11.3 Å². The summed E-state index contributed by atoms with van der Waals surface area (Å²) in [6.45, 7) is 6.21. The van der Waals surface area contributed by atoms with Crippen LogP contribution < -0.4 is 9.64 Å². The summed E-state index contributed by atoms with van der Waals surface area (Å²) in [6.07, 6.45) is 0.785. The number of aromatic nitrogens is 1. The zero-order chi connectivity index (χ0) is 24.1. The van der Waals surface area contributed by atoms with Crippen LogP contribution in [0.3, 0.4) is 0 Å². The largest absolute Gasteiger partial charge is 0.497 e. The molecule has 0 aliphatic carbocycles. The summed E-state index contributed by atoms with van der Waals surface area (Å²) in [4.78, 5) is 22.5. The Morgan fingerprint density at radius 1 is 1.18 bits per heavy atom. The number of carbonyl (C=O) groups excluding carboxylic acids is 1. The van der Waals surface area contributed by atoms with Gasteiger partial charge < -0.3 is 9.47 Å². The average Bonchev–Trinajstić information content (AvgIpc) is 3.30. The fraction of sp³-hybridized carbons (Fsp3) is 0.417. The van der Waals surface area contributed by atoms with Gasteiger partial charge in [-0.3, -0.25) is 14.6 Å². The van der Waals surface area contributed by atoms with Crippen molar-refractivity contribution in [2.24, 2.45) is 0 Å². The number of morpholine rings is 1. The SMILES string of the molecule is CCS(=O)(=O)c1ccc(C(=O)N(CCCN2CCOCC2)c2nc3cc(OC)ccc3s2)cc1. The van der Waals surface area contributed by atoms with Crippen molar-refractivity contribution in [1.82, 2.24) is 9.88 Å². The molecule has 0 bridgehead atoms. The molecule has 0 radical (unpaired) electrons. The van der Waals surface area contributed by atoms with Crippen LogP contribution in [0.2, 0.25) is 0 Å². The smallest absolute Gasteiger partial charge is 0.260 e. The predicted octanol–water partition coefficient (Wildman–Crippen LogP) is 3.47. The molecule has 1 aromatic heterocycles. The molecule has 10 heteroatoms. The first-order chi connectivity index (χ1) is 16.4. The standard InChI is InChI=1S/C24H29N3O5S2/c1-3-34(29,30)20-8-5-18(6-9-20)23(28)27(12-4-11-26-13-15-32-16-14-26)24-25-21-17-19(31-2)7-10-22(21)33-24/h5-10,17H,3-4,11-16H2,1-2H3. The Morgan fingerprint density at radius 3 is 2.59 bits per heavy atom. The molecule has 1 fully saturated rings. The highest BCUT2D eigenvalue weighted by atomic mass is 32.2. The minimum Gasteiger partial charge on any atom is -0.497 e. The summed E-state index contributed by atoms with van der Waals surface area (Å²) in [5, 5.41) is 0.612. The minimum atomic E-state index is -3.33. The topological polar surface area (TPSA) is 89.0 Å². The summed E-state index contributed by atoms with van der Waals surface area (Å²) < 4.78 is 36.0. The number of nitrogens with zero attached hydrogens (tertiary/aromatic N) is 3. The molecule has 8 nitrogen and oxygen atoms in total. The maximum absolute atomic E-state index is 13.5. The van der Waals surface area contributed by atoms with Gasteiger partial charge in [0, 0.05) is 37.8 Å². The van der Waals surface area contributed by atoms with E-state index in [-0.39, 0.29) is 16.6 Å². The van der Waals surface area contributed by atoms with Crippen LogP contribution in [0.1, 0.15) is 23.7 Å². The molecule has 0 spiro atoms. The molecule has 0 atom stereocenters. The first-order valence-corrected chi connectivity index (χ1v) is 13.8. The number of amides is 1. The maximum Gasteiger partial charge on any atom is 0.260 e. The molecule has 3 aromatic rings. The highest BCUT2D eigenvalue weighted by molar-refractivity contribution is 7.91. The van der Waals surface area contributed by atoms with E-state index in [4.69, 9.17) is 14.5 Å². The van der Waals surface area contributed by atoms with Crippen molar-refractivity contribution in [1.29, 1.82) is 0 Å². The van der Waals surface area contributed by atoms with Gasteiger partial charge in [0.2, 0.25) is 0 Å². The molecule has 1 aliphatic heterocycles. The van der Waals surface area contributed by atoms with E-state index in [1.54, 1.807) is 31.1 Å². The van der Waals surface area contributed by atoms with Gasteiger partial charge in [-0.15, -0.1) is 0 Å². The molecule has 4 rings (SSSR count). The highest BCUT2D eigenvalue weighted by Crippen LogP contribution is 2.32. The Morgan fingerprint density at radius 2 is 1.91 bits per heavy atom. The molecule has 0 unspecified atom stereocenters. The van der Waals surface area contributed by atoms with Gasteiger partial charge in [-0.05, 0) is 42.8 Å². The van der Waals surface area contributed by atoms with Gasteiger partial charge in [0.1, 0.15) is 5.75 Å². The lowest BCUT2D eigenvalue weighted by atomic mass is 10.2. The van der Waals surface area contributed by atoms with E-state index in [2.05, 4.69) is 4.90 Å². The lowest BCUT2D eigenvalue weighted by molar-refractivity contribution is 0.0376. The van der Waals surface area contributed by atoms with Crippen molar-refractivity contribution in [3.05, 3.63) is 48.0 Å². The predicted molar refractivity (Wildman–Crippen MR) is 134 cm³/mol. The number of benzene rings is 2. The van der Waals surface area contributed by atoms with E-state index in [0.717, 1.165) is 49.5 Å². The third kappa shape index (κ3) is 5.57. The molecule has 2 aromatic carbocycles. The number of hydrogen-bond acceptors (Lipinski definition) is 8. The number of thiazole rings is 1. The second-order valence-corrected chi connectivity index (χ2v) is 11.3. The van der Waals surface area contributed by atoms with Gasteiger partial charge in [0.25, 0.3) is 5.91 Å². The summed E-state index contributed by atoms with van der Waals surface area (Å²) in [5.41, 5.74) is 1.20. The van der Waals surface area contributed by atoms with Crippen molar-refractivity contribution in [3.63, 3.8) is 0 Å². The van der Waals surface area contributed by atoms with Gasteiger partial charge in [0.05, 0.1) is 41.2 Å².